The van der Waals surface area contributed by atoms with Gasteiger partial charge in [-0.2, -0.15) is 0 Å². The Morgan fingerprint density at radius 1 is 1.14 bits per heavy atom. The standard InChI is InChI=1S/C16H14N2O3/c1-10-17-15-8-7-13(21-2)9-14(15)16(20)18(10)11-3-5-12(19)6-4-11/h3-9,19H,1-2H3. The average Bonchev–Trinajstić information content (AvgIpc) is 2.49. The van der Waals surface area contributed by atoms with Crippen LogP contribution in [0.3, 0.4) is 0 Å². The molecule has 5 heteroatoms. The molecular weight excluding hydrogens is 268 g/mol. The first kappa shape index (κ1) is 13.2. The molecule has 0 saturated heterocycles. The smallest absolute Gasteiger partial charge is 0.266 e. The van der Waals surface area contributed by atoms with Crippen LogP contribution >= 0.6 is 0 Å². The SMILES string of the molecule is COc1ccc2nc(C)n(-c3ccc(O)cc3)c(=O)c2c1. The van der Waals surface area contributed by atoms with Gasteiger partial charge in [-0.05, 0) is 49.4 Å². The number of aryl methyl sites for hydroxylation is 1. The lowest BCUT2D eigenvalue weighted by Crippen LogP contribution is -2.22. The lowest BCUT2D eigenvalue weighted by molar-refractivity contribution is 0.415. The molecule has 5 nitrogen and oxygen atoms in total. The van der Waals surface area contributed by atoms with Crippen molar-refractivity contribution in [3.8, 4) is 17.2 Å². The van der Waals surface area contributed by atoms with Crippen molar-refractivity contribution in [2.24, 2.45) is 0 Å². The Bertz CT molecular complexity index is 867. The van der Waals surface area contributed by atoms with Gasteiger partial charge in [-0.25, -0.2) is 4.98 Å². The summed E-state index contributed by atoms with van der Waals surface area (Å²) >= 11 is 0. The summed E-state index contributed by atoms with van der Waals surface area (Å²) in [5.41, 5.74) is 1.13. The van der Waals surface area contributed by atoms with E-state index in [2.05, 4.69) is 4.98 Å². The van der Waals surface area contributed by atoms with Crippen molar-refractivity contribution in [3.05, 3.63) is 58.6 Å². The maximum atomic E-state index is 12.7. The highest BCUT2D eigenvalue weighted by atomic mass is 16.5. The highest BCUT2D eigenvalue weighted by molar-refractivity contribution is 5.79. The Kier molecular flexibility index (Phi) is 3.10. The summed E-state index contributed by atoms with van der Waals surface area (Å²) in [6, 6.07) is 11.7. The van der Waals surface area contributed by atoms with E-state index in [9.17, 15) is 9.90 Å². The van der Waals surface area contributed by atoms with E-state index in [4.69, 9.17) is 4.74 Å². The number of benzene rings is 2. The molecule has 0 aliphatic rings. The average molecular weight is 282 g/mol. The van der Waals surface area contributed by atoms with E-state index >= 15 is 0 Å². The molecule has 1 aromatic heterocycles. The number of hydrogen-bond donors (Lipinski definition) is 1. The van der Waals surface area contributed by atoms with Crippen LogP contribution in [0.15, 0.2) is 47.3 Å². The molecule has 0 spiro atoms. The van der Waals surface area contributed by atoms with Gasteiger partial charge in [0.05, 0.1) is 23.7 Å². The van der Waals surface area contributed by atoms with Crippen LogP contribution in [-0.2, 0) is 0 Å². The molecule has 0 saturated carbocycles. The highest BCUT2D eigenvalue weighted by Crippen LogP contribution is 2.19. The van der Waals surface area contributed by atoms with Gasteiger partial charge in [0.2, 0.25) is 0 Å². The molecule has 3 rings (SSSR count). The molecule has 106 valence electrons. The fourth-order valence-corrected chi connectivity index (χ4v) is 2.31. The molecule has 1 N–H and O–H groups in total. The maximum Gasteiger partial charge on any atom is 0.266 e. The predicted molar refractivity (Wildman–Crippen MR) is 80.3 cm³/mol. The molecule has 0 radical (unpaired) electrons. The molecule has 1 heterocycles. The minimum Gasteiger partial charge on any atom is -0.508 e. The van der Waals surface area contributed by atoms with Crippen molar-refractivity contribution in [1.82, 2.24) is 9.55 Å². The van der Waals surface area contributed by atoms with Gasteiger partial charge in [0.25, 0.3) is 5.56 Å². The van der Waals surface area contributed by atoms with Gasteiger partial charge >= 0.3 is 0 Å². The van der Waals surface area contributed by atoms with E-state index in [-0.39, 0.29) is 11.3 Å². The van der Waals surface area contributed by atoms with Crippen LogP contribution in [0, 0.1) is 6.92 Å². The normalized spacial score (nSPS) is 10.8. The number of ether oxygens (including phenoxy) is 1. The lowest BCUT2D eigenvalue weighted by Gasteiger charge is -2.11. The Balaban J connectivity index is 2.32. The molecule has 3 aromatic rings. The number of aromatic hydroxyl groups is 1. The van der Waals surface area contributed by atoms with Gasteiger partial charge in [0.15, 0.2) is 0 Å². The molecular formula is C16H14N2O3. The number of rotatable bonds is 2. The fraction of sp³-hybridized carbons (Fsp3) is 0.125. The van der Waals surface area contributed by atoms with Crippen molar-refractivity contribution in [1.29, 1.82) is 0 Å². The zero-order valence-electron chi connectivity index (χ0n) is 11.7. The summed E-state index contributed by atoms with van der Waals surface area (Å²) in [6.45, 7) is 1.78. The van der Waals surface area contributed by atoms with Crippen LogP contribution in [0.5, 0.6) is 11.5 Å². The number of aromatic nitrogens is 2. The third-order valence-electron chi connectivity index (χ3n) is 3.35. The van der Waals surface area contributed by atoms with Crippen LogP contribution < -0.4 is 10.3 Å². The van der Waals surface area contributed by atoms with E-state index in [0.29, 0.717) is 28.2 Å². The second-order valence-electron chi connectivity index (χ2n) is 4.70. The Morgan fingerprint density at radius 3 is 2.52 bits per heavy atom. The van der Waals surface area contributed by atoms with Gasteiger partial charge in [-0.1, -0.05) is 0 Å². The van der Waals surface area contributed by atoms with Gasteiger partial charge in [-0.15, -0.1) is 0 Å². The zero-order valence-corrected chi connectivity index (χ0v) is 11.7. The molecule has 0 atom stereocenters. The number of methoxy groups -OCH3 is 1. The summed E-state index contributed by atoms with van der Waals surface area (Å²) in [6.07, 6.45) is 0. The molecule has 0 amide bonds. The van der Waals surface area contributed by atoms with Crippen LogP contribution in [-0.4, -0.2) is 21.8 Å². The van der Waals surface area contributed by atoms with Crippen molar-refractivity contribution < 1.29 is 9.84 Å². The number of phenols is 1. The summed E-state index contributed by atoms with van der Waals surface area (Å²) in [5.74, 6) is 1.35. The Morgan fingerprint density at radius 2 is 1.86 bits per heavy atom. The second kappa shape index (κ2) is 4.94. The van der Waals surface area contributed by atoms with Crippen LogP contribution in [0.2, 0.25) is 0 Å². The molecule has 0 unspecified atom stereocenters. The maximum absolute atomic E-state index is 12.7. The second-order valence-corrected chi connectivity index (χ2v) is 4.70. The minimum absolute atomic E-state index is 0.153. The van der Waals surface area contributed by atoms with Crippen LogP contribution in [0.4, 0.5) is 0 Å². The summed E-state index contributed by atoms with van der Waals surface area (Å²) in [5, 5.41) is 9.86. The third-order valence-corrected chi connectivity index (χ3v) is 3.35. The van der Waals surface area contributed by atoms with Gasteiger partial charge in [-0.3, -0.25) is 9.36 Å². The van der Waals surface area contributed by atoms with E-state index in [1.807, 2.05) is 0 Å². The quantitative estimate of drug-likeness (QED) is 0.784. The number of nitrogens with zero attached hydrogens (tertiary/aromatic N) is 2. The van der Waals surface area contributed by atoms with Gasteiger partial charge in [0.1, 0.15) is 17.3 Å². The van der Waals surface area contributed by atoms with Crippen molar-refractivity contribution in [2.75, 3.05) is 7.11 Å². The van der Waals surface area contributed by atoms with Crippen molar-refractivity contribution >= 4 is 10.9 Å². The molecule has 2 aromatic carbocycles. The number of fused-ring (bicyclic) bond motifs is 1. The molecule has 0 aliphatic carbocycles. The monoisotopic (exact) mass is 282 g/mol. The topological polar surface area (TPSA) is 64.3 Å². The van der Waals surface area contributed by atoms with Crippen LogP contribution in [0.1, 0.15) is 5.82 Å². The van der Waals surface area contributed by atoms with Crippen molar-refractivity contribution in [3.63, 3.8) is 0 Å². The van der Waals surface area contributed by atoms with Gasteiger partial charge < -0.3 is 9.84 Å². The lowest BCUT2D eigenvalue weighted by atomic mass is 10.2. The Labute approximate surface area is 121 Å². The molecule has 0 aliphatic heterocycles. The summed E-state index contributed by atoms with van der Waals surface area (Å²) in [7, 11) is 1.56. The zero-order chi connectivity index (χ0) is 15.0. The molecule has 0 bridgehead atoms. The Hall–Kier alpha value is -2.82. The van der Waals surface area contributed by atoms with Crippen molar-refractivity contribution in [2.45, 2.75) is 6.92 Å². The molecule has 21 heavy (non-hydrogen) atoms. The predicted octanol–water partition coefficient (Wildman–Crippen LogP) is 2.41. The number of phenolic OH excluding ortho intramolecular Hbond substituents is 1. The van der Waals surface area contributed by atoms with Crippen LogP contribution in [0.25, 0.3) is 16.6 Å². The van der Waals surface area contributed by atoms with E-state index in [1.54, 1.807) is 44.4 Å². The first-order chi connectivity index (χ1) is 10.1. The first-order valence-electron chi connectivity index (χ1n) is 6.47. The number of hydrogen-bond acceptors (Lipinski definition) is 4. The van der Waals surface area contributed by atoms with E-state index in [0.717, 1.165) is 0 Å². The summed E-state index contributed by atoms with van der Waals surface area (Å²) < 4.78 is 6.67. The van der Waals surface area contributed by atoms with E-state index < -0.39 is 0 Å². The first-order valence-corrected chi connectivity index (χ1v) is 6.47. The highest BCUT2D eigenvalue weighted by Gasteiger charge is 2.10. The minimum atomic E-state index is -0.165. The fourth-order valence-electron chi connectivity index (χ4n) is 2.31. The molecule has 0 fully saturated rings. The van der Waals surface area contributed by atoms with E-state index in [1.165, 1.54) is 16.7 Å². The van der Waals surface area contributed by atoms with Gasteiger partial charge in [0, 0.05) is 0 Å². The third kappa shape index (κ3) is 2.23. The summed E-state index contributed by atoms with van der Waals surface area (Å²) in [4.78, 5) is 17.2. The largest absolute Gasteiger partial charge is 0.508 e.